The first-order chi connectivity index (χ1) is 15.0. The molecule has 0 unspecified atom stereocenters. The molecule has 4 rings (SSSR count). The topological polar surface area (TPSA) is 47.3 Å². The van der Waals surface area contributed by atoms with E-state index < -0.39 is 0 Å². The normalized spacial score (nSPS) is 15.7. The van der Waals surface area contributed by atoms with Crippen LogP contribution >= 0.6 is 11.6 Å². The minimum Gasteiger partial charge on any atom is -0.362 e. The molecule has 0 N–H and O–H groups in total. The number of halogens is 2. The Labute approximate surface area is 186 Å². The van der Waals surface area contributed by atoms with Crippen molar-refractivity contribution in [3.63, 3.8) is 0 Å². The van der Waals surface area contributed by atoms with Crippen LogP contribution in [0.4, 0.5) is 10.1 Å². The van der Waals surface area contributed by atoms with Crippen LogP contribution in [0.5, 0.6) is 0 Å². The number of anilines is 1. The number of rotatable bonds is 6. The highest BCUT2D eigenvalue weighted by Gasteiger charge is 2.34. The SMILES string of the molecule is N#Cc1ccc(N(Cc2ccccc2F)[C@H]2CC(=O)N(Cc3ccccc3)C2)cc1Cl. The van der Waals surface area contributed by atoms with Gasteiger partial charge in [-0.1, -0.05) is 60.1 Å². The molecule has 0 bridgehead atoms. The molecule has 1 amide bonds. The number of nitrogens with zero attached hydrogens (tertiary/aromatic N) is 3. The number of carbonyl (C=O) groups is 1. The van der Waals surface area contributed by atoms with Crippen molar-refractivity contribution < 1.29 is 9.18 Å². The van der Waals surface area contributed by atoms with Crippen LogP contribution in [-0.2, 0) is 17.9 Å². The van der Waals surface area contributed by atoms with Crippen molar-refractivity contribution in [1.29, 1.82) is 5.26 Å². The van der Waals surface area contributed by atoms with Gasteiger partial charge in [-0.2, -0.15) is 5.26 Å². The summed E-state index contributed by atoms with van der Waals surface area (Å²) in [5.74, 6) is -0.232. The number of hydrogen-bond acceptors (Lipinski definition) is 3. The third-order valence-electron chi connectivity index (χ3n) is 5.55. The van der Waals surface area contributed by atoms with Crippen LogP contribution in [0.1, 0.15) is 23.1 Å². The Morgan fingerprint density at radius 3 is 2.55 bits per heavy atom. The van der Waals surface area contributed by atoms with Crippen molar-refractivity contribution in [2.75, 3.05) is 11.4 Å². The third kappa shape index (κ3) is 4.70. The van der Waals surface area contributed by atoms with Gasteiger partial charge in [-0.05, 0) is 29.8 Å². The Hall–Kier alpha value is -3.36. The van der Waals surface area contributed by atoms with Gasteiger partial charge in [0.1, 0.15) is 11.9 Å². The van der Waals surface area contributed by atoms with E-state index >= 15 is 0 Å². The number of nitriles is 1. The van der Waals surface area contributed by atoms with Crippen molar-refractivity contribution in [1.82, 2.24) is 4.90 Å². The first kappa shape index (κ1) is 20.9. The summed E-state index contributed by atoms with van der Waals surface area (Å²) in [4.78, 5) is 16.6. The molecule has 0 saturated carbocycles. The Kier molecular flexibility index (Phi) is 6.20. The van der Waals surface area contributed by atoms with Gasteiger partial charge in [-0.15, -0.1) is 0 Å². The fourth-order valence-corrected chi connectivity index (χ4v) is 4.15. The van der Waals surface area contributed by atoms with Crippen LogP contribution in [-0.4, -0.2) is 23.4 Å². The molecular weight excluding hydrogens is 413 g/mol. The lowest BCUT2D eigenvalue weighted by Crippen LogP contribution is -2.37. The maximum atomic E-state index is 14.4. The molecule has 0 spiro atoms. The molecule has 3 aromatic rings. The Morgan fingerprint density at radius 1 is 1.10 bits per heavy atom. The Balaban J connectivity index is 1.63. The van der Waals surface area contributed by atoms with E-state index in [9.17, 15) is 14.4 Å². The maximum absolute atomic E-state index is 14.4. The van der Waals surface area contributed by atoms with Crippen LogP contribution in [0.15, 0.2) is 72.8 Å². The summed E-state index contributed by atoms with van der Waals surface area (Å²) >= 11 is 6.28. The molecule has 0 aliphatic carbocycles. The van der Waals surface area contributed by atoms with E-state index in [-0.39, 0.29) is 17.8 Å². The van der Waals surface area contributed by atoms with Gasteiger partial charge in [-0.3, -0.25) is 4.79 Å². The zero-order valence-electron chi connectivity index (χ0n) is 16.8. The van der Waals surface area contributed by atoms with Gasteiger partial charge in [-0.25, -0.2) is 4.39 Å². The number of amides is 1. The molecule has 1 atom stereocenters. The molecule has 0 radical (unpaired) electrons. The molecular formula is C25H21ClFN3O. The largest absolute Gasteiger partial charge is 0.362 e. The first-order valence-corrected chi connectivity index (χ1v) is 10.4. The molecule has 1 aliphatic heterocycles. The highest BCUT2D eigenvalue weighted by atomic mass is 35.5. The van der Waals surface area contributed by atoms with E-state index in [0.717, 1.165) is 11.3 Å². The molecule has 156 valence electrons. The standard InChI is InChI=1S/C25H21ClFN3O/c26-23-12-21(11-10-19(23)14-28)30(16-20-8-4-5-9-24(20)27)22-13-25(31)29(17-22)15-18-6-2-1-3-7-18/h1-12,22H,13,15-17H2/t22-/m0/s1. The summed E-state index contributed by atoms with van der Waals surface area (Å²) in [5, 5.41) is 9.53. The molecule has 1 heterocycles. The van der Waals surface area contributed by atoms with Gasteiger partial charge in [0.15, 0.2) is 0 Å². The van der Waals surface area contributed by atoms with Gasteiger partial charge in [0.05, 0.1) is 16.6 Å². The van der Waals surface area contributed by atoms with Crippen LogP contribution < -0.4 is 4.90 Å². The van der Waals surface area contributed by atoms with Crippen molar-refractivity contribution in [2.24, 2.45) is 0 Å². The van der Waals surface area contributed by atoms with Gasteiger partial charge < -0.3 is 9.80 Å². The predicted octanol–water partition coefficient (Wildman–Crippen LogP) is 5.16. The van der Waals surface area contributed by atoms with Crippen molar-refractivity contribution in [3.05, 3.63) is 100 Å². The van der Waals surface area contributed by atoms with Gasteiger partial charge in [0.2, 0.25) is 5.91 Å². The quantitative estimate of drug-likeness (QED) is 0.539. The zero-order valence-corrected chi connectivity index (χ0v) is 17.6. The monoisotopic (exact) mass is 433 g/mol. The van der Waals surface area contributed by atoms with Gasteiger partial charge in [0, 0.05) is 37.3 Å². The van der Waals surface area contributed by atoms with E-state index in [2.05, 4.69) is 6.07 Å². The second kappa shape index (κ2) is 9.20. The maximum Gasteiger partial charge on any atom is 0.225 e. The van der Waals surface area contributed by atoms with E-state index in [1.54, 1.807) is 36.4 Å². The third-order valence-corrected chi connectivity index (χ3v) is 5.87. The highest BCUT2D eigenvalue weighted by molar-refractivity contribution is 6.32. The van der Waals surface area contributed by atoms with E-state index in [4.69, 9.17) is 11.6 Å². The smallest absolute Gasteiger partial charge is 0.225 e. The average molecular weight is 434 g/mol. The first-order valence-electron chi connectivity index (χ1n) is 10.1. The van der Waals surface area contributed by atoms with Gasteiger partial charge >= 0.3 is 0 Å². The molecule has 6 heteroatoms. The average Bonchev–Trinajstić information content (AvgIpc) is 3.13. The highest BCUT2D eigenvalue weighted by Crippen LogP contribution is 2.30. The lowest BCUT2D eigenvalue weighted by atomic mass is 10.1. The van der Waals surface area contributed by atoms with Crippen molar-refractivity contribution in [3.8, 4) is 6.07 Å². The second-order valence-corrected chi connectivity index (χ2v) is 8.02. The van der Waals surface area contributed by atoms with E-state index in [0.29, 0.717) is 42.2 Å². The van der Waals surface area contributed by atoms with Crippen LogP contribution in [0, 0.1) is 17.1 Å². The van der Waals surface area contributed by atoms with Crippen LogP contribution in [0.3, 0.4) is 0 Å². The van der Waals surface area contributed by atoms with E-state index in [1.807, 2.05) is 40.1 Å². The Morgan fingerprint density at radius 2 is 1.84 bits per heavy atom. The number of hydrogen-bond donors (Lipinski definition) is 0. The molecule has 0 aromatic heterocycles. The molecule has 1 saturated heterocycles. The van der Waals surface area contributed by atoms with Crippen LogP contribution in [0.2, 0.25) is 5.02 Å². The summed E-state index contributed by atoms with van der Waals surface area (Å²) in [5.41, 5.74) is 2.74. The lowest BCUT2D eigenvalue weighted by Gasteiger charge is -2.31. The van der Waals surface area contributed by atoms with Crippen LogP contribution in [0.25, 0.3) is 0 Å². The second-order valence-electron chi connectivity index (χ2n) is 7.61. The fraction of sp³-hybridized carbons (Fsp3) is 0.200. The van der Waals surface area contributed by atoms with E-state index in [1.165, 1.54) is 6.07 Å². The number of likely N-dealkylation sites (tertiary alicyclic amines) is 1. The number of benzene rings is 3. The van der Waals surface area contributed by atoms with Crippen molar-refractivity contribution >= 4 is 23.2 Å². The molecule has 1 fully saturated rings. The number of carbonyl (C=O) groups excluding carboxylic acids is 1. The van der Waals surface area contributed by atoms with Gasteiger partial charge in [0.25, 0.3) is 0 Å². The zero-order chi connectivity index (χ0) is 21.8. The lowest BCUT2D eigenvalue weighted by molar-refractivity contribution is -0.128. The molecule has 3 aromatic carbocycles. The molecule has 31 heavy (non-hydrogen) atoms. The summed E-state index contributed by atoms with van der Waals surface area (Å²) in [6, 6.07) is 23.6. The summed E-state index contributed by atoms with van der Waals surface area (Å²) in [6.07, 6.45) is 0.332. The molecule has 4 nitrogen and oxygen atoms in total. The summed E-state index contributed by atoms with van der Waals surface area (Å²) < 4.78 is 14.4. The minimum atomic E-state index is -0.294. The molecule has 1 aliphatic rings. The summed E-state index contributed by atoms with van der Waals surface area (Å²) in [6.45, 7) is 1.36. The summed E-state index contributed by atoms with van der Waals surface area (Å²) in [7, 11) is 0. The minimum absolute atomic E-state index is 0.0622. The fourth-order valence-electron chi connectivity index (χ4n) is 3.93. The predicted molar refractivity (Wildman–Crippen MR) is 119 cm³/mol. The van der Waals surface area contributed by atoms with Crippen molar-refractivity contribution in [2.45, 2.75) is 25.6 Å². The Bertz CT molecular complexity index is 1130.